The van der Waals surface area contributed by atoms with Crippen molar-refractivity contribution in [1.82, 2.24) is 15.1 Å². The Hall–Kier alpha value is -3.55. The van der Waals surface area contributed by atoms with Gasteiger partial charge >= 0.3 is 5.97 Å². The fourth-order valence-electron chi connectivity index (χ4n) is 3.69. The Morgan fingerprint density at radius 1 is 1.03 bits per heavy atom. The Morgan fingerprint density at radius 3 is 2.42 bits per heavy atom. The average Bonchev–Trinajstić information content (AvgIpc) is 3.20. The number of carbonyl (C=O) groups is 2. The maximum atomic E-state index is 13.0. The van der Waals surface area contributed by atoms with Crippen LogP contribution in [0, 0.1) is 0 Å². The highest BCUT2D eigenvalue weighted by Crippen LogP contribution is 2.34. The van der Waals surface area contributed by atoms with Gasteiger partial charge in [0.15, 0.2) is 5.69 Å². The van der Waals surface area contributed by atoms with Crippen molar-refractivity contribution in [3.8, 4) is 22.6 Å². The van der Waals surface area contributed by atoms with Gasteiger partial charge in [0.1, 0.15) is 24.0 Å². The van der Waals surface area contributed by atoms with E-state index in [1.165, 1.54) is 0 Å². The first-order valence-corrected chi connectivity index (χ1v) is 12.1. The predicted octanol–water partition coefficient (Wildman–Crippen LogP) is 5.98. The van der Waals surface area contributed by atoms with E-state index in [9.17, 15) is 9.59 Å². The number of esters is 1. The van der Waals surface area contributed by atoms with Gasteiger partial charge in [-0.25, -0.2) is 0 Å². The van der Waals surface area contributed by atoms with Crippen LogP contribution in [0.1, 0.15) is 24.3 Å². The highest BCUT2D eigenvalue weighted by molar-refractivity contribution is 6.32. The normalized spacial score (nSPS) is 11.4. The molecule has 1 N–H and O–H groups in total. The molecule has 0 saturated heterocycles. The van der Waals surface area contributed by atoms with E-state index in [0.717, 1.165) is 16.6 Å². The molecular weight excluding hydrogens is 501 g/mol. The van der Waals surface area contributed by atoms with E-state index in [4.69, 9.17) is 32.7 Å². The van der Waals surface area contributed by atoms with Crippen LogP contribution in [0.5, 0.6) is 11.5 Å². The number of aromatic nitrogens is 2. The average molecular weight is 526 g/mol. The molecule has 4 rings (SSSR count). The minimum atomic E-state index is -0.803. The van der Waals surface area contributed by atoms with Crippen LogP contribution >= 0.6 is 23.2 Å². The van der Waals surface area contributed by atoms with E-state index in [1.807, 2.05) is 66.7 Å². The third-order valence-electron chi connectivity index (χ3n) is 5.46. The molecule has 0 saturated carbocycles. The number of aryl methyl sites for hydroxylation is 1. The van der Waals surface area contributed by atoms with Crippen LogP contribution in [0.15, 0.2) is 66.7 Å². The van der Waals surface area contributed by atoms with Gasteiger partial charge in [0.05, 0.1) is 16.1 Å². The van der Waals surface area contributed by atoms with Gasteiger partial charge in [-0.2, -0.15) is 5.10 Å². The van der Waals surface area contributed by atoms with Crippen molar-refractivity contribution in [3.63, 3.8) is 0 Å². The number of alkyl halides is 1. The second-order valence-electron chi connectivity index (χ2n) is 8.90. The molecule has 3 aromatic carbocycles. The number of carbonyl (C=O) groups excluding carboxylic acids is 2. The molecule has 1 heterocycles. The minimum absolute atomic E-state index is 0.00997. The Morgan fingerprint density at radius 2 is 1.72 bits per heavy atom. The van der Waals surface area contributed by atoms with E-state index in [2.05, 4.69) is 10.4 Å². The number of para-hydroxylation sites is 1. The minimum Gasteiger partial charge on any atom is -0.462 e. The number of rotatable bonds is 8. The number of hydrogen-bond donors (Lipinski definition) is 1. The molecule has 0 bridgehead atoms. The number of nitrogens with one attached hydrogen (secondary N) is 1. The van der Waals surface area contributed by atoms with Crippen molar-refractivity contribution < 1.29 is 19.1 Å². The summed E-state index contributed by atoms with van der Waals surface area (Å²) in [5.74, 6) is 0.104. The fourth-order valence-corrected chi connectivity index (χ4v) is 3.98. The van der Waals surface area contributed by atoms with E-state index in [-0.39, 0.29) is 24.1 Å². The Balaban J connectivity index is 1.56. The summed E-state index contributed by atoms with van der Waals surface area (Å²) < 4.78 is 12.6. The first kappa shape index (κ1) is 25.5. The molecule has 0 aliphatic rings. The number of amides is 1. The highest BCUT2D eigenvalue weighted by atomic mass is 35.5. The molecule has 1 amide bonds. The molecule has 0 aliphatic heterocycles. The lowest BCUT2D eigenvalue weighted by Crippen LogP contribution is -2.47. The Kier molecular flexibility index (Phi) is 7.52. The van der Waals surface area contributed by atoms with Crippen LogP contribution in [0.2, 0.25) is 5.02 Å². The Bertz CT molecular complexity index is 1420. The standard InChI is InChI=1S/C27H25Cl2N3O4/c1-27(2,16-35-24(33)15-28)30-26(34)25-20-11-9-18(14-22(20)32(3)31-25)17-10-12-23(21(29)13-17)36-19-7-5-4-6-8-19/h4-14H,15-16H2,1-3H3,(H,30,34). The van der Waals surface area contributed by atoms with Gasteiger partial charge < -0.3 is 14.8 Å². The van der Waals surface area contributed by atoms with Crippen molar-refractivity contribution >= 4 is 46.0 Å². The van der Waals surface area contributed by atoms with Gasteiger partial charge in [-0.3, -0.25) is 14.3 Å². The molecule has 36 heavy (non-hydrogen) atoms. The maximum Gasteiger partial charge on any atom is 0.320 e. The van der Waals surface area contributed by atoms with Gasteiger partial charge in [0.2, 0.25) is 0 Å². The lowest BCUT2D eigenvalue weighted by Gasteiger charge is -2.25. The number of benzene rings is 3. The molecule has 186 valence electrons. The van der Waals surface area contributed by atoms with Crippen LogP contribution in [0.3, 0.4) is 0 Å². The molecule has 0 radical (unpaired) electrons. The quantitative estimate of drug-likeness (QED) is 0.226. The number of halogens is 2. The van der Waals surface area contributed by atoms with Crippen LogP contribution in [-0.4, -0.2) is 39.7 Å². The number of nitrogens with zero attached hydrogens (tertiary/aromatic N) is 2. The summed E-state index contributed by atoms with van der Waals surface area (Å²) in [5, 5.41) is 8.48. The fraction of sp³-hybridized carbons (Fsp3) is 0.222. The van der Waals surface area contributed by atoms with Crippen molar-refractivity contribution in [2.75, 3.05) is 12.5 Å². The number of ether oxygens (including phenoxy) is 2. The third-order valence-corrected chi connectivity index (χ3v) is 5.97. The van der Waals surface area contributed by atoms with E-state index in [0.29, 0.717) is 21.9 Å². The van der Waals surface area contributed by atoms with Crippen LogP contribution in [0.25, 0.3) is 22.0 Å². The SMILES string of the molecule is Cn1nc(C(=O)NC(C)(C)COC(=O)CCl)c2ccc(-c3ccc(Oc4ccccc4)c(Cl)c3)cc21. The first-order valence-electron chi connectivity index (χ1n) is 11.2. The molecule has 0 atom stereocenters. The monoisotopic (exact) mass is 525 g/mol. The molecule has 0 fully saturated rings. The molecule has 0 aliphatic carbocycles. The van der Waals surface area contributed by atoms with Crippen molar-refractivity contribution in [2.45, 2.75) is 19.4 Å². The second-order valence-corrected chi connectivity index (χ2v) is 9.57. The van der Waals surface area contributed by atoms with Crippen molar-refractivity contribution in [2.24, 2.45) is 7.05 Å². The lowest BCUT2D eigenvalue weighted by molar-refractivity contribution is -0.142. The summed E-state index contributed by atoms with van der Waals surface area (Å²) in [6.07, 6.45) is 0. The van der Waals surface area contributed by atoms with Crippen LogP contribution < -0.4 is 10.1 Å². The van der Waals surface area contributed by atoms with E-state index >= 15 is 0 Å². The predicted molar refractivity (Wildman–Crippen MR) is 141 cm³/mol. The van der Waals surface area contributed by atoms with E-state index < -0.39 is 11.5 Å². The summed E-state index contributed by atoms with van der Waals surface area (Å²) >= 11 is 12.0. The second kappa shape index (κ2) is 10.6. The van der Waals surface area contributed by atoms with Gasteiger partial charge in [0, 0.05) is 12.4 Å². The molecule has 0 spiro atoms. The van der Waals surface area contributed by atoms with Gasteiger partial charge in [-0.1, -0.05) is 41.9 Å². The molecule has 0 unspecified atom stereocenters. The Labute approximate surface area is 218 Å². The summed E-state index contributed by atoms with van der Waals surface area (Å²) in [6.45, 7) is 3.50. The van der Waals surface area contributed by atoms with Gasteiger partial charge in [-0.05, 0) is 61.4 Å². The summed E-state index contributed by atoms with van der Waals surface area (Å²) in [7, 11) is 1.78. The largest absolute Gasteiger partial charge is 0.462 e. The molecule has 9 heteroatoms. The molecule has 1 aromatic heterocycles. The highest BCUT2D eigenvalue weighted by Gasteiger charge is 2.26. The molecule has 7 nitrogen and oxygen atoms in total. The first-order chi connectivity index (χ1) is 17.2. The van der Waals surface area contributed by atoms with Crippen molar-refractivity contribution in [3.05, 3.63) is 77.4 Å². The van der Waals surface area contributed by atoms with E-state index in [1.54, 1.807) is 25.6 Å². The zero-order chi connectivity index (χ0) is 25.9. The molecule has 4 aromatic rings. The molecular formula is C27H25Cl2N3O4. The summed E-state index contributed by atoms with van der Waals surface area (Å²) in [6, 6.07) is 20.8. The summed E-state index contributed by atoms with van der Waals surface area (Å²) in [4.78, 5) is 24.4. The van der Waals surface area contributed by atoms with Gasteiger partial charge in [-0.15, -0.1) is 11.6 Å². The smallest absolute Gasteiger partial charge is 0.320 e. The summed E-state index contributed by atoms with van der Waals surface area (Å²) in [5.41, 5.74) is 2.07. The maximum absolute atomic E-state index is 13.0. The van der Waals surface area contributed by atoms with Crippen molar-refractivity contribution in [1.29, 1.82) is 0 Å². The number of hydrogen-bond acceptors (Lipinski definition) is 5. The number of fused-ring (bicyclic) bond motifs is 1. The third kappa shape index (κ3) is 5.80. The topological polar surface area (TPSA) is 82.5 Å². The van der Waals surface area contributed by atoms with Crippen LogP contribution in [-0.2, 0) is 16.6 Å². The van der Waals surface area contributed by atoms with Crippen LogP contribution in [0.4, 0.5) is 0 Å². The zero-order valence-corrected chi connectivity index (χ0v) is 21.6. The zero-order valence-electron chi connectivity index (χ0n) is 20.0. The van der Waals surface area contributed by atoms with Gasteiger partial charge in [0.25, 0.3) is 5.91 Å². The lowest BCUT2D eigenvalue weighted by atomic mass is 10.0.